The molecular weight excluding hydrogens is 340 g/mol. The topological polar surface area (TPSA) is 66.8 Å². The van der Waals surface area contributed by atoms with Crippen molar-refractivity contribution in [1.29, 1.82) is 0 Å². The van der Waals surface area contributed by atoms with Gasteiger partial charge in [-0.1, -0.05) is 43.1 Å². The third kappa shape index (κ3) is 7.12. The summed E-state index contributed by atoms with van der Waals surface area (Å²) < 4.78 is 4.86. The lowest BCUT2D eigenvalue weighted by atomic mass is 9.94. The van der Waals surface area contributed by atoms with Crippen LogP contribution in [0.2, 0.25) is 0 Å². The first-order valence-electron chi connectivity index (χ1n) is 9.75. The molecule has 1 rings (SSSR count). The first-order valence-corrected chi connectivity index (χ1v) is 9.75. The van der Waals surface area contributed by atoms with Gasteiger partial charge in [0.25, 0.3) is 0 Å². The molecule has 1 aromatic rings. The van der Waals surface area contributed by atoms with Crippen LogP contribution in [0.15, 0.2) is 29.4 Å². The van der Waals surface area contributed by atoms with E-state index in [2.05, 4.69) is 26.8 Å². The van der Waals surface area contributed by atoms with Crippen molar-refractivity contribution in [3.8, 4) is 11.5 Å². The van der Waals surface area contributed by atoms with Crippen LogP contribution in [0.3, 0.4) is 0 Å². The molecule has 0 aromatic heterocycles. The molecule has 0 bridgehead atoms. The molecule has 0 amide bonds. The molecule has 0 saturated carbocycles. The van der Waals surface area contributed by atoms with Gasteiger partial charge in [0.05, 0.1) is 7.11 Å². The summed E-state index contributed by atoms with van der Waals surface area (Å²) in [6.45, 7) is 8.29. The maximum Gasteiger partial charge on any atom is 0.341 e. The Bertz CT molecular complexity index is 695. The molecule has 2 N–H and O–H groups in total. The van der Waals surface area contributed by atoms with Crippen LogP contribution in [0, 0.1) is 0 Å². The molecule has 0 atom stereocenters. The lowest BCUT2D eigenvalue weighted by molar-refractivity contribution is 0.0596. The minimum absolute atomic E-state index is 0.0278. The van der Waals surface area contributed by atoms with Crippen LogP contribution < -0.4 is 0 Å². The Labute approximate surface area is 163 Å². The molecule has 0 saturated heterocycles. The second kappa shape index (κ2) is 11.5. The van der Waals surface area contributed by atoms with Crippen LogP contribution in [0.5, 0.6) is 11.5 Å². The fourth-order valence-corrected chi connectivity index (χ4v) is 3.01. The number of hydrogen-bond donors (Lipinski definition) is 2. The zero-order valence-corrected chi connectivity index (χ0v) is 17.4. The highest BCUT2D eigenvalue weighted by atomic mass is 16.5. The number of carbonyl (C=O) groups excluding carboxylic acids is 1. The second-order valence-electron chi connectivity index (χ2n) is 7.28. The number of phenols is 2. The van der Waals surface area contributed by atoms with Gasteiger partial charge in [0, 0.05) is 5.56 Å². The standard InChI is InChI=1S/C23H34O4/c1-6-7-8-12-18-15-20(24)19(22(25)21(18)23(26)27-5)14-13-17(4)11-9-10-16(2)3/h10,13,15,24-25H,6-9,11-12,14H2,1-5H3. The van der Waals surface area contributed by atoms with Crippen molar-refractivity contribution in [1.82, 2.24) is 0 Å². The summed E-state index contributed by atoms with van der Waals surface area (Å²) in [6.07, 6.45) is 10.0. The molecule has 1 aromatic carbocycles. The van der Waals surface area contributed by atoms with E-state index in [-0.39, 0.29) is 17.1 Å². The van der Waals surface area contributed by atoms with Crippen LogP contribution in [0.1, 0.15) is 81.3 Å². The van der Waals surface area contributed by atoms with Crippen LogP contribution in [0.4, 0.5) is 0 Å². The van der Waals surface area contributed by atoms with Crippen molar-refractivity contribution in [2.75, 3.05) is 7.11 Å². The predicted octanol–water partition coefficient (Wildman–Crippen LogP) is 5.85. The van der Waals surface area contributed by atoms with Gasteiger partial charge in [0.1, 0.15) is 17.1 Å². The Balaban J connectivity index is 3.09. The quantitative estimate of drug-likeness (QED) is 0.306. The third-order valence-corrected chi connectivity index (χ3v) is 4.65. The van der Waals surface area contributed by atoms with E-state index in [4.69, 9.17) is 4.74 Å². The molecule has 27 heavy (non-hydrogen) atoms. The van der Waals surface area contributed by atoms with Gasteiger partial charge in [-0.15, -0.1) is 0 Å². The lowest BCUT2D eigenvalue weighted by Crippen LogP contribution is -2.08. The minimum atomic E-state index is -0.565. The summed E-state index contributed by atoms with van der Waals surface area (Å²) >= 11 is 0. The highest BCUT2D eigenvalue weighted by molar-refractivity contribution is 5.95. The molecule has 0 unspecified atom stereocenters. The first kappa shape index (κ1) is 22.8. The van der Waals surface area contributed by atoms with E-state index in [1.807, 2.05) is 13.0 Å². The lowest BCUT2D eigenvalue weighted by Gasteiger charge is -2.15. The first-order chi connectivity index (χ1) is 12.8. The maximum atomic E-state index is 12.2. The van der Waals surface area contributed by atoms with Gasteiger partial charge in [-0.25, -0.2) is 4.79 Å². The summed E-state index contributed by atoms with van der Waals surface area (Å²) in [5, 5.41) is 21.1. The summed E-state index contributed by atoms with van der Waals surface area (Å²) in [5.41, 5.74) is 3.66. The third-order valence-electron chi connectivity index (χ3n) is 4.65. The van der Waals surface area contributed by atoms with E-state index in [1.54, 1.807) is 6.07 Å². The second-order valence-corrected chi connectivity index (χ2v) is 7.28. The van der Waals surface area contributed by atoms with Gasteiger partial charge in [-0.3, -0.25) is 0 Å². The van der Waals surface area contributed by atoms with Crippen LogP contribution >= 0.6 is 0 Å². The molecule has 4 heteroatoms. The van der Waals surface area contributed by atoms with Crippen molar-refractivity contribution >= 4 is 5.97 Å². The van der Waals surface area contributed by atoms with Gasteiger partial charge < -0.3 is 14.9 Å². The van der Waals surface area contributed by atoms with Gasteiger partial charge in [-0.2, -0.15) is 0 Å². The minimum Gasteiger partial charge on any atom is -0.508 e. The number of hydrogen-bond acceptors (Lipinski definition) is 4. The molecule has 0 aliphatic rings. The summed E-state index contributed by atoms with van der Waals surface area (Å²) in [7, 11) is 1.30. The van der Waals surface area contributed by atoms with Gasteiger partial charge in [-0.05, 0) is 64.5 Å². The number of esters is 1. The van der Waals surface area contributed by atoms with Gasteiger partial charge in [0.15, 0.2) is 0 Å². The largest absolute Gasteiger partial charge is 0.508 e. The van der Waals surface area contributed by atoms with E-state index in [0.29, 0.717) is 24.0 Å². The Kier molecular flexibility index (Phi) is 9.70. The van der Waals surface area contributed by atoms with Gasteiger partial charge >= 0.3 is 5.97 Å². The predicted molar refractivity (Wildman–Crippen MR) is 110 cm³/mol. The number of aryl methyl sites for hydroxylation is 1. The number of carbonyl (C=O) groups is 1. The molecular formula is C23H34O4. The van der Waals surface area contributed by atoms with E-state index in [0.717, 1.165) is 32.1 Å². The monoisotopic (exact) mass is 374 g/mol. The maximum absolute atomic E-state index is 12.2. The molecule has 0 aliphatic heterocycles. The van der Waals surface area contributed by atoms with E-state index >= 15 is 0 Å². The Morgan fingerprint density at radius 1 is 1.15 bits per heavy atom. The van der Waals surface area contributed by atoms with Gasteiger partial charge in [0.2, 0.25) is 0 Å². The molecule has 0 aliphatic carbocycles. The number of allylic oxidation sites excluding steroid dienone is 4. The summed E-state index contributed by atoms with van der Waals surface area (Å²) in [6, 6.07) is 1.60. The average Bonchev–Trinajstić information content (AvgIpc) is 2.60. The van der Waals surface area contributed by atoms with Crippen LogP contribution in [-0.2, 0) is 17.6 Å². The zero-order chi connectivity index (χ0) is 20.4. The average molecular weight is 375 g/mol. The van der Waals surface area contributed by atoms with E-state index in [1.165, 1.54) is 18.3 Å². The molecule has 4 nitrogen and oxygen atoms in total. The number of phenolic OH excluding ortho intramolecular Hbond substituents is 2. The van der Waals surface area contributed by atoms with Crippen molar-refractivity contribution in [2.45, 2.75) is 72.6 Å². The number of aromatic hydroxyl groups is 2. The smallest absolute Gasteiger partial charge is 0.341 e. The molecule has 0 radical (unpaired) electrons. The van der Waals surface area contributed by atoms with Crippen molar-refractivity contribution < 1.29 is 19.7 Å². The summed E-state index contributed by atoms with van der Waals surface area (Å²) in [4.78, 5) is 12.2. The molecule has 0 spiro atoms. The van der Waals surface area contributed by atoms with Crippen LogP contribution in [-0.4, -0.2) is 23.3 Å². The van der Waals surface area contributed by atoms with E-state index in [9.17, 15) is 15.0 Å². The van der Waals surface area contributed by atoms with Crippen molar-refractivity contribution in [3.63, 3.8) is 0 Å². The fraction of sp³-hybridized carbons (Fsp3) is 0.522. The SMILES string of the molecule is CCCCCc1cc(O)c(CC=C(C)CCC=C(C)C)c(O)c1C(=O)OC. The van der Waals surface area contributed by atoms with Crippen molar-refractivity contribution in [2.24, 2.45) is 0 Å². The Morgan fingerprint density at radius 2 is 1.85 bits per heavy atom. The highest BCUT2D eigenvalue weighted by Crippen LogP contribution is 2.36. The highest BCUT2D eigenvalue weighted by Gasteiger charge is 2.22. The van der Waals surface area contributed by atoms with Crippen molar-refractivity contribution in [3.05, 3.63) is 46.1 Å². The van der Waals surface area contributed by atoms with E-state index < -0.39 is 5.97 Å². The number of rotatable bonds is 10. The van der Waals surface area contributed by atoms with Crippen LogP contribution in [0.25, 0.3) is 0 Å². The number of unbranched alkanes of at least 4 members (excludes halogenated alkanes) is 2. The Morgan fingerprint density at radius 3 is 2.44 bits per heavy atom. The molecule has 150 valence electrons. The normalized spacial score (nSPS) is 11.4. The fourth-order valence-electron chi connectivity index (χ4n) is 3.01. The summed E-state index contributed by atoms with van der Waals surface area (Å²) in [5.74, 6) is -0.703. The number of methoxy groups -OCH3 is 1. The number of benzene rings is 1. The molecule has 0 fully saturated rings. The Hall–Kier alpha value is -2.23. The number of ether oxygens (including phenoxy) is 1. The zero-order valence-electron chi connectivity index (χ0n) is 17.4. The molecule has 0 heterocycles.